The Kier molecular flexibility index (Phi) is 7.07. The molecule has 0 radical (unpaired) electrons. The SMILES string of the molecule is COc1ccc([C@H](CC(C)C)NC(=O)[C@H](C)Oc2cccc(C)c2)cc1. The summed E-state index contributed by atoms with van der Waals surface area (Å²) in [6.45, 7) is 8.07. The summed E-state index contributed by atoms with van der Waals surface area (Å²) in [5.74, 6) is 1.85. The van der Waals surface area contributed by atoms with E-state index in [1.807, 2.05) is 55.5 Å². The van der Waals surface area contributed by atoms with Crippen molar-refractivity contribution < 1.29 is 14.3 Å². The lowest BCUT2D eigenvalue weighted by atomic mass is 9.96. The highest BCUT2D eigenvalue weighted by molar-refractivity contribution is 5.81. The fourth-order valence-corrected chi connectivity index (χ4v) is 2.82. The van der Waals surface area contributed by atoms with Crippen molar-refractivity contribution in [2.45, 2.75) is 46.3 Å². The number of carbonyl (C=O) groups is 1. The summed E-state index contributed by atoms with van der Waals surface area (Å²) >= 11 is 0. The van der Waals surface area contributed by atoms with Crippen molar-refractivity contribution >= 4 is 5.91 Å². The molecule has 0 aliphatic rings. The number of benzene rings is 2. The van der Waals surface area contributed by atoms with E-state index in [1.54, 1.807) is 14.0 Å². The number of hydrogen-bond donors (Lipinski definition) is 1. The summed E-state index contributed by atoms with van der Waals surface area (Å²) in [5.41, 5.74) is 2.17. The van der Waals surface area contributed by atoms with Crippen molar-refractivity contribution in [3.05, 3.63) is 59.7 Å². The molecule has 4 heteroatoms. The van der Waals surface area contributed by atoms with E-state index >= 15 is 0 Å². The monoisotopic (exact) mass is 355 g/mol. The number of aryl methyl sites for hydroxylation is 1. The van der Waals surface area contributed by atoms with E-state index in [0.717, 1.165) is 23.3 Å². The van der Waals surface area contributed by atoms with Gasteiger partial charge in [-0.15, -0.1) is 0 Å². The van der Waals surface area contributed by atoms with Gasteiger partial charge >= 0.3 is 0 Å². The van der Waals surface area contributed by atoms with E-state index in [1.165, 1.54) is 0 Å². The standard InChI is InChI=1S/C22H29NO3/c1-15(2)13-21(18-9-11-19(25-5)12-10-18)23-22(24)17(4)26-20-8-6-7-16(3)14-20/h6-12,14-15,17,21H,13H2,1-5H3,(H,23,24)/t17-,21-/m0/s1. The predicted octanol–water partition coefficient (Wildman–Crippen LogP) is 4.67. The number of ether oxygens (including phenoxy) is 2. The van der Waals surface area contributed by atoms with E-state index in [4.69, 9.17) is 9.47 Å². The van der Waals surface area contributed by atoms with Crippen LogP contribution in [0.2, 0.25) is 0 Å². The van der Waals surface area contributed by atoms with E-state index in [9.17, 15) is 4.79 Å². The molecule has 0 aromatic heterocycles. The van der Waals surface area contributed by atoms with Crippen LogP contribution in [0.4, 0.5) is 0 Å². The van der Waals surface area contributed by atoms with Crippen LogP contribution in [0, 0.1) is 12.8 Å². The highest BCUT2D eigenvalue weighted by atomic mass is 16.5. The molecule has 0 aliphatic carbocycles. The van der Waals surface area contributed by atoms with Crippen LogP contribution in [0.1, 0.15) is 44.4 Å². The maximum absolute atomic E-state index is 12.7. The molecule has 4 nitrogen and oxygen atoms in total. The van der Waals surface area contributed by atoms with Gasteiger partial charge in [0.25, 0.3) is 5.91 Å². The van der Waals surface area contributed by atoms with Crippen LogP contribution in [-0.4, -0.2) is 19.1 Å². The molecule has 0 saturated heterocycles. The Labute approximate surface area is 156 Å². The smallest absolute Gasteiger partial charge is 0.261 e. The average Bonchev–Trinajstić information content (AvgIpc) is 2.60. The first-order valence-corrected chi connectivity index (χ1v) is 9.06. The van der Waals surface area contributed by atoms with Gasteiger partial charge in [0, 0.05) is 0 Å². The topological polar surface area (TPSA) is 47.6 Å². The lowest BCUT2D eigenvalue weighted by molar-refractivity contribution is -0.128. The van der Waals surface area contributed by atoms with Crippen molar-refractivity contribution in [3.63, 3.8) is 0 Å². The molecule has 0 fully saturated rings. The molecule has 2 aromatic carbocycles. The van der Waals surface area contributed by atoms with Gasteiger partial charge < -0.3 is 14.8 Å². The Morgan fingerprint density at radius 2 is 1.73 bits per heavy atom. The molecular weight excluding hydrogens is 326 g/mol. The summed E-state index contributed by atoms with van der Waals surface area (Å²) < 4.78 is 11.0. The molecule has 1 N–H and O–H groups in total. The number of carbonyl (C=O) groups excluding carboxylic acids is 1. The Morgan fingerprint density at radius 3 is 2.31 bits per heavy atom. The van der Waals surface area contributed by atoms with Crippen molar-refractivity contribution in [1.29, 1.82) is 0 Å². The largest absolute Gasteiger partial charge is 0.497 e. The zero-order valence-corrected chi connectivity index (χ0v) is 16.3. The van der Waals surface area contributed by atoms with Crippen molar-refractivity contribution in [2.75, 3.05) is 7.11 Å². The van der Waals surface area contributed by atoms with Gasteiger partial charge in [0.1, 0.15) is 11.5 Å². The second kappa shape index (κ2) is 9.27. The minimum absolute atomic E-state index is 0.0584. The quantitative estimate of drug-likeness (QED) is 0.748. The van der Waals surface area contributed by atoms with Crippen LogP contribution in [0.15, 0.2) is 48.5 Å². The average molecular weight is 355 g/mol. The number of rotatable bonds is 8. The number of hydrogen-bond acceptors (Lipinski definition) is 3. The fourth-order valence-electron chi connectivity index (χ4n) is 2.82. The van der Waals surface area contributed by atoms with E-state index in [0.29, 0.717) is 11.7 Å². The van der Waals surface area contributed by atoms with Gasteiger partial charge in [-0.05, 0) is 61.6 Å². The summed E-state index contributed by atoms with van der Waals surface area (Å²) in [4.78, 5) is 12.7. The third-order valence-corrected chi connectivity index (χ3v) is 4.21. The number of nitrogens with one attached hydrogen (secondary N) is 1. The molecule has 0 spiro atoms. The highest BCUT2D eigenvalue weighted by Crippen LogP contribution is 2.24. The van der Waals surface area contributed by atoms with Gasteiger partial charge in [0.05, 0.1) is 13.2 Å². The summed E-state index contributed by atoms with van der Waals surface area (Å²) in [6, 6.07) is 15.5. The Balaban J connectivity index is 2.07. The minimum atomic E-state index is -0.565. The lowest BCUT2D eigenvalue weighted by Gasteiger charge is -2.24. The molecule has 0 bridgehead atoms. The van der Waals surface area contributed by atoms with Crippen LogP contribution < -0.4 is 14.8 Å². The zero-order chi connectivity index (χ0) is 19.1. The van der Waals surface area contributed by atoms with Crippen molar-refractivity contribution in [1.82, 2.24) is 5.32 Å². The van der Waals surface area contributed by atoms with Crippen LogP contribution in [0.25, 0.3) is 0 Å². The van der Waals surface area contributed by atoms with Gasteiger partial charge in [0.15, 0.2) is 6.10 Å². The Hall–Kier alpha value is -2.49. The third-order valence-electron chi connectivity index (χ3n) is 4.21. The van der Waals surface area contributed by atoms with Crippen molar-refractivity contribution in [2.24, 2.45) is 5.92 Å². The second-order valence-corrected chi connectivity index (χ2v) is 7.04. The Bertz CT molecular complexity index is 710. The maximum Gasteiger partial charge on any atom is 0.261 e. The van der Waals surface area contributed by atoms with Gasteiger partial charge in [-0.25, -0.2) is 0 Å². The second-order valence-electron chi connectivity index (χ2n) is 7.04. The minimum Gasteiger partial charge on any atom is -0.497 e. The molecule has 0 saturated carbocycles. The third kappa shape index (κ3) is 5.80. The van der Waals surface area contributed by atoms with Crippen molar-refractivity contribution in [3.8, 4) is 11.5 Å². The first kappa shape index (κ1) is 19.8. The van der Waals surface area contributed by atoms with E-state index < -0.39 is 6.10 Å². The zero-order valence-electron chi connectivity index (χ0n) is 16.3. The number of amides is 1. The predicted molar refractivity (Wildman–Crippen MR) is 105 cm³/mol. The summed E-state index contributed by atoms with van der Waals surface area (Å²) in [7, 11) is 1.65. The molecule has 0 aliphatic heterocycles. The molecule has 1 amide bonds. The van der Waals surface area contributed by atoms with E-state index in [2.05, 4.69) is 19.2 Å². The number of methoxy groups -OCH3 is 1. The maximum atomic E-state index is 12.7. The molecule has 2 atom stereocenters. The summed E-state index contributed by atoms with van der Waals surface area (Å²) in [5, 5.41) is 3.13. The fraction of sp³-hybridized carbons (Fsp3) is 0.409. The van der Waals surface area contributed by atoms with Gasteiger partial charge in [0.2, 0.25) is 0 Å². The molecule has 26 heavy (non-hydrogen) atoms. The molecule has 0 unspecified atom stereocenters. The molecule has 2 aromatic rings. The first-order valence-electron chi connectivity index (χ1n) is 9.06. The van der Waals surface area contributed by atoms with Crippen LogP contribution in [0.5, 0.6) is 11.5 Å². The molecule has 0 heterocycles. The summed E-state index contributed by atoms with van der Waals surface area (Å²) in [6.07, 6.45) is 0.291. The molecule has 2 rings (SSSR count). The highest BCUT2D eigenvalue weighted by Gasteiger charge is 2.21. The first-order chi connectivity index (χ1) is 12.4. The Morgan fingerprint density at radius 1 is 1.04 bits per heavy atom. The van der Waals surface area contributed by atoms with Gasteiger partial charge in [-0.3, -0.25) is 4.79 Å². The molecular formula is C22H29NO3. The van der Waals surface area contributed by atoms with E-state index in [-0.39, 0.29) is 11.9 Å². The van der Waals surface area contributed by atoms with Crippen LogP contribution in [0.3, 0.4) is 0 Å². The van der Waals surface area contributed by atoms with Crippen LogP contribution >= 0.6 is 0 Å². The normalized spacial score (nSPS) is 13.2. The lowest BCUT2D eigenvalue weighted by Crippen LogP contribution is -2.39. The molecule has 140 valence electrons. The van der Waals surface area contributed by atoms with Gasteiger partial charge in [-0.2, -0.15) is 0 Å². The van der Waals surface area contributed by atoms with Gasteiger partial charge in [-0.1, -0.05) is 38.1 Å². The van der Waals surface area contributed by atoms with Crippen LogP contribution in [-0.2, 0) is 4.79 Å².